The SMILES string of the molecule is CC(C)(C)OC(=O)NC1CCCN(c2nc(Cl)nc3ccsc23)C1. The maximum atomic E-state index is 12.0. The van der Waals surface area contributed by atoms with Gasteiger partial charge in [0, 0.05) is 19.1 Å². The van der Waals surface area contributed by atoms with Gasteiger partial charge in [-0.25, -0.2) is 9.78 Å². The second-order valence-corrected chi connectivity index (χ2v) is 8.14. The van der Waals surface area contributed by atoms with Gasteiger partial charge in [0.15, 0.2) is 5.82 Å². The van der Waals surface area contributed by atoms with Gasteiger partial charge in [-0.15, -0.1) is 11.3 Å². The molecule has 1 aliphatic heterocycles. The number of piperidine rings is 1. The van der Waals surface area contributed by atoms with Crippen LogP contribution < -0.4 is 10.2 Å². The quantitative estimate of drug-likeness (QED) is 0.816. The average Bonchev–Trinajstić information content (AvgIpc) is 2.92. The molecule has 0 bridgehead atoms. The van der Waals surface area contributed by atoms with Gasteiger partial charge in [-0.05, 0) is 56.7 Å². The number of ether oxygens (including phenoxy) is 1. The third-order valence-corrected chi connectivity index (χ3v) is 4.77. The first-order valence-electron chi connectivity index (χ1n) is 7.97. The molecule has 0 aliphatic carbocycles. The molecule has 1 amide bonds. The molecule has 8 heteroatoms. The molecular weight excluding hydrogens is 348 g/mol. The van der Waals surface area contributed by atoms with E-state index in [0.29, 0.717) is 6.54 Å². The first kappa shape index (κ1) is 17.2. The largest absolute Gasteiger partial charge is 0.444 e. The second kappa shape index (κ2) is 6.72. The minimum atomic E-state index is -0.498. The molecule has 0 saturated carbocycles. The molecule has 2 aromatic rings. The van der Waals surface area contributed by atoms with Gasteiger partial charge < -0.3 is 15.0 Å². The number of halogens is 1. The van der Waals surface area contributed by atoms with Crippen molar-refractivity contribution < 1.29 is 9.53 Å². The van der Waals surface area contributed by atoms with Gasteiger partial charge in [0.25, 0.3) is 0 Å². The predicted molar refractivity (Wildman–Crippen MR) is 97.0 cm³/mol. The first-order valence-corrected chi connectivity index (χ1v) is 9.23. The standard InChI is InChI=1S/C16H21ClN4O2S/c1-16(2,3)23-15(22)18-10-5-4-7-21(9-10)13-12-11(6-8-24-12)19-14(17)20-13/h6,8,10H,4-5,7,9H2,1-3H3,(H,18,22). The zero-order valence-electron chi connectivity index (χ0n) is 14.0. The molecule has 2 aromatic heterocycles. The van der Waals surface area contributed by atoms with Crippen molar-refractivity contribution in [3.8, 4) is 0 Å². The molecule has 1 fully saturated rings. The van der Waals surface area contributed by atoms with Gasteiger partial charge in [0.05, 0.1) is 10.2 Å². The molecule has 0 radical (unpaired) electrons. The molecule has 1 unspecified atom stereocenters. The van der Waals surface area contributed by atoms with Gasteiger partial charge >= 0.3 is 6.09 Å². The number of aromatic nitrogens is 2. The van der Waals surface area contributed by atoms with E-state index in [1.54, 1.807) is 11.3 Å². The lowest BCUT2D eigenvalue weighted by molar-refractivity contribution is 0.0500. The first-order chi connectivity index (χ1) is 11.3. The Labute approximate surface area is 150 Å². The highest BCUT2D eigenvalue weighted by molar-refractivity contribution is 7.17. The number of amides is 1. The lowest BCUT2D eigenvalue weighted by atomic mass is 10.1. The molecule has 3 rings (SSSR count). The Balaban J connectivity index is 1.73. The molecule has 1 aliphatic rings. The monoisotopic (exact) mass is 368 g/mol. The van der Waals surface area contributed by atoms with Gasteiger partial charge in [-0.1, -0.05) is 0 Å². The number of hydrogen-bond acceptors (Lipinski definition) is 6. The summed E-state index contributed by atoms with van der Waals surface area (Å²) >= 11 is 7.66. The third-order valence-electron chi connectivity index (χ3n) is 3.70. The summed E-state index contributed by atoms with van der Waals surface area (Å²) in [6.07, 6.45) is 1.51. The number of thiophene rings is 1. The van der Waals surface area contributed by atoms with Crippen LogP contribution in [0.1, 0.15) is 33.6 Å². The van der Waals surface area contributed by atoms with Crippen molar-refractivity contribution in [1.82, 2.24) is 15.3 Å². The van der Waals surface area contributed by atoms with Crippen LogP contribution in [-0.2, 0) is 4.74 Å². The Morgan fingerprint density at radius 2 is 2.25 bits per heavy atom. The average molecular weight is 369 g/mol. The van der Waals surface area contributed by atoms with Gasteiger partial charge in [-0.2, -0.15) is 4.98 Å². The van der Waals surface area contributed by atoms with Crippen LogP contribution in [0.25, 0.3) is 10.2 Å². The Kier molecular flexibility index (Phi) is 4.83. The number of alkyl carbamates (subject to hydrolysis) is 1. The number of nitrogens with zero attached hydrogens (tertiary/aromatic N) is 3. The minimum absolute atomic E-state index is 0.0253. The maximum absolute atomic E-state index is 12.0. The summed E-state index contributed by atoms with van der Waals surface area (Å²) in [7, 11) is 0. The van der Waals surface area contributed by atoms with E-state index >= 15 is 0 Å². The molecule has 0 spiro atoms. The summed E-state index contributed by atoms with van der Waals surface area (Å²) in [6.45, 7) is 7.13. The maximum Gasteiger partial charge on any atom is 0.407 e. The van der Waals surface area contributed by atoms with E-state index in [9.17, 15) is 4.79 Å². The van der Waals surface area contributed by atoms with E-state index in [-0.39, 0.29) is 17.4 Å². The van der Waals surface area contributed by atoms with E-state index < -0.39 is 5.60 Å². The van der Waals surface area contributed by atoms with Crippen LogP contribution >= 0.6 is 22.9 Å². The van der Waals surface area contributed by atoms with Crippen molar-refractivity contribution in [2.75, 3.05) is 18.0 Å². The molecule has 3 heterocycles. The van der Waals surface area contributed by atoms with Crippen molar-refractivity contribution in [3.63, 3.8) is 0 Å². The Morgan fingerprint density at radius 3 is 3.00 bits per heavy atom. The van der Waals surface area contributed by atoms with Gasteiger partial charge in [0.2, 0.25) is 5.28 Å². The van der Waals surface area contributed by atoms with E-state index in [0.717, 1.165) is 35.4 Å². The summed E-state index contributed by atoms with van der Waals surface area (Å²) in [6, 6.07) is 1.97. The number of carbonyl (C=O) groups is 1. The van der Waals surface area contributed by atoms with Crippen LogP contribution in [0.15, 0.2) is 11.4 Å². The summed E-state index contributed by atoms with van der Waals surface area (Å²) in [5.74, 6) is 0.843. The number of carbonyl (C=O) groups excluding carboxylic acids is 1. The van der Waals surface area contributed by atoms with E-state index in [1.165, 1.54) is 0 Å². The summed E-state index contributed by atoms with van der Waals surface area (Å²) < 4.78 is 6.37. The van der Waals surface area contributed by atoms with Crippen LogP contribution in [0.3, 0.4) is 0 Å². The van der Waals surface area contributed by atoms with Crippen molar-refractivity contribution in [2.45, 2.75) is 45.3 Å². The zero-order chi connectivity index (χ0) is 17.3. The lowest BCUT2D eigenvalue weighted by Crippen LogP contribution is -2.49. The summed E-state index contributed by atoms with van der Waals surface area (Å²) in [4.78, 5) is 22.8. The van der Waals surface area contributed by atoms with Crippen molar-refractivity contribution in [1.29, 1.82) is 0 Å². The fourth-order valence-corrected chi connectivity index (χ4v) is 3.82. The van der Waals surface area contributed by atoms with Gasteiger partial charge in [0.1, 0.15) is 5.60 Å². The van der Waals surface area contributed by atoms with E-state index in [2.05, 4.69) is 20.2 Å². The molecule has 24 heavy (non-hydrogen) atoms. The molecule has 6 nitrogen and oxygen atoms in total. The third kappa shape index (κ3) is 4.08. The van der Waals surface area contributed by atoms with Gasteiger partial charge in [-0.3, -0.25) is 0 Å². The topological polar surface area (TPSA) is 67.3 Å². The highest BCUT2D eigenvalue weighted by Crippen LogP contribution is 2.31. The summed E-state index contributed by atoms with van der Waals surface area (Å²) in [5.41, 5.74) is 0.360. The van der Waals surface area contributed by atoms with Crippen molar-refractivity contribution >= 4 is 45.1 Å². The zero-order valence-corrected chi connectivity index (χ0v) is 15.6. The molecule has 1 saturated heterocycles. The molecule has 1 N–H and O–H groups in total. The molecule has 130 valence electrons. The Morgan fingerprint density at radius 1 is 1.46 bits per heavy atom. The number of anilines is 1. The Bertz CT molecular complexity index is 743. The molecule has 1 atom stereocenters. The minimum Gasteiger partial charge on any atom is -0.444 e. The number of hydrogen-bond donors (Lipinski definition) is 1. The van der Waals surface area contributed by atoms with Crippen molar-refractivity contribution in [3.05, 3.63) is 16.7 Å². The smallest absolute Gasteiger partial charge is 0.407 e. The van der Waals surface area contributed by atoms with Crippen LogP contribution in [0.5, 0.6) is 0 Å². The normalized spacial score (nSPS) is 18.7. The second-order valence-electron chi connectivity index (χ2n) is 6.88. The predicted octanol–water partition coefficient (Wildman–Crippen LogP) is 3.84. The van der Waals surface area contributed by atoms with Crippen LogP contribution in [-0.4, -0.2) is 40.8 Å². The van der Waals surface area contributed by atoms with E-state index in [4.69, 9.17) is 16.3 Å². The van der Waals surface area contributed by atoms with Crippen LogP contribution in [0.4, 0.5) is 10.6 Å². The van der Waals surface area contributed by atoms with Crippen molar-refractivity contribution in [2.24, 2.45) is 0 Å². The fraction of sp³-hybridized carbons (Fsp3) is 0.562. The number of rotatable bonds is 2. The van der Waals surface area contributed by atoms with Crippen LogP contribution in [0.2, 0.25) is 5.28 Å². The fourth-order valence-electron chi connectivity index (χ4n) is 2.80. The Hall–Kier alpha value is -1.60. The number of nitrogens with one attached hydrogen (secondary N) is 1. The molecule has 0 aromatic carbocycles. The highest BCUT2D eigenvalue weighted by atomic mass is 35.5. The number of fused-ring (bicyclic) bond motifs is 1. The molecular formula is C16H21ClN4O2S. The van der Waals surface area contributed by atoms with E-state index in [1.807, 2.05) is 32.2 Å². The highest BCUT2D eigenvalue weighted by Gasteiger charge is 2.26. The lowest BCUT2D eigenvalue weighted by Gasteiger charge is -2.34. The summed E-state index contributed by atoms with van der Waals surface area (Å²) in [5, 5.41) is 5.19. The van der Waals surface area contributed by atoms with Crippen LogP contribution in [0, 0.1) is 0 Å².